The van der Waals surface area contributed by atoms with Gasteiger partial charge in [0, 0.05) is 18.4 Å². The number of rotatable bonds is 5. The van der Waals surface area contributed by atoms with Crippen LogP contribution >= 0.6 is 11.3 Å². The molecule has 1 atom stereocenters. The van der Waals surface area contributed by atoms with Gasteiger partial charge in [-0.15, -0.1) is 0 Å². The second-order valence-corrected chi connectivity index (χ2v) is 4.45. The summed E-state index contributed by atoms with van der Waals surface area (Å²) in [6.45, 7) is 0. The topological polar surface area (TPSA) is 50.9 Å². The van der Waals surface area contributed by atoms with Gasteiger partial charge in [0.1, 0.15) is 0 Å². The molecule has 2 aromatic heterocycles. The number of hydrazine groups is 1. The highest BCUT2D eigenvalue weighted by Crippen LogP contribution is 2.20. The van der Waals surface area contributed by atoms with Crippen LogP contribution in [0.15, 0.2) is 41.4 Å². The number of pyridine rings is 1. The summed E-state index contributed by atoms with van der Waals surface area (Å²) in [5.74, 6) is 5.57. The van der Waals surface area contributed by atoms with Gasteiger partial charge in [-0.1, -0.05) is 0 Å². The SMILES string of the molecule is NNC(CCc1ccncc1)c1ccsc1. The van der Waals surface area contributed by atoms with Crippen LogP contribution in [0.25, 0.3) is 0 Å². The lowest BCUT2D eigenvalue weighted by Crippen LogP contribution is -2.28. The van der Waals surface area contributed by atoms with Crippen molar-refractivity contribution >= 4 is 11.3 Å². The average molecular weight is 233 g/mol. The number of nitrogens with two attached hydrogens (primary N) is 1. The third-order valence-corrected chi connectivity index (χ3v) is 3.32. The molecule has 3 nitrogen and oxygen atoms in total. The third-order valence-electron chi connectivity index (χ3n) is 2.62. The van der Waals surface area contributed by atoms with Crippen LogP contribution in [-0.4, -0.2) is 4.98 Å². The summed E-state index contributed by atoms with van der Waals surface area (Å²) in [5.41, 5.74) is 5.43. The molecule has 0 amide bonds. The van der Waals surface area contributed by atoms with Gasteiger partial charge in [0.25, 0.3) is 0 Å². The molecule has 0 aliphatic carbocycles. The maximum absolute atomic E-state index is 5.57. The van der Waals surface area contributed by atoms with Gasteiger partial charge in [0.05, 0.1) is 0 Å². The minimum Gasteiger partial charge on any atom is -0.271 e. The summed E-state index contributed by atoms with van der Waals surface area (Å²) in [6, 6.07) is 6.43. The standard InChI is InChI=1S/C12H15N3S/c13-15-12(11-5-8-16-9-11)2-1-10-3-6-14-7-4-10/h3-9,12,15H,1-2,13H2. The van der Waals surface area contributed by atoms with Crippen molar-refractivity contribution in [2.24, 2.45) is 5.84 Å². The van der Waals surface area contributed by atoms with Gasteiger partial charge in [-0.25, -0.2) is 0 Å². The Morgan fingerprint density at radius 2 is 2.12 bits per heavy atom. The molecular weight excluding hydrogens is 218 g/mol. The molecule has 2 heterocycles. The first-order valence-electron chi connectivity index (χ1n) is 5.27. The van der Waals surface area contributed by atoms with Crippen LogP contribution in [0.4, 0.5) is 0 Å². The van der Waals surface area contributed by atoms with E-state index in [1.165, 1.54) is 11.1 Å². The maximum Gasteiger partial charge on any atom is 0.0471 e. The summed E-state index contributed by atoms with van der Waals surface area (Å²) >= 11 is 1.70. The molecule has 0 aliphatic rings. The van der Waals surface area contributed by atoms with E-state index in [9.17, 15) is 0 Å². The Morgan fingerprint density at radius 3 is 2.75 bits per heavy atom. The van der Waals surface area contributed by atoms with Gasteiger partial charge in [0.2, 0.25) is 0 Å². The molecule has 1 unspecified atom stereocenters. The molecule has 16 heavy (non-hydrogen) atoms. The number of thiophene rings is 1. The summed E-state index contributed by atoms with van der Waals surface area (Å²) in [6.07, 6.45) is 5.65. The monoisotopic (exact) mass is 233 g/mol. The molecule has 84 valence electrons. The van der Waals surface area contributed by atoms with Gasteiger partial charge >= 0.3 is 0 Å². The highest BCUT2D eigenvalue weighted by Gasteiger charge is 2.09. The van der Waals surface area contributed by atoms with Crippen molar-refractivity contribution in [1.29, 1.82) is 0 Å². The van der Waals surface area contributed by atoms with Crippen LogP contribution in [0, 0.1) is 0 Å². The predicted molar refractivity (Wildman–Crippen MR) is 66.9 cm³/mol. The van der Waals surface area contributed by atoms with Crippen molar-refractivity contribution in [3.05, 3.63) is 52.5 Å². The van der Waals surface area contributed by atoms with Crippen LogP contribution in [0.2, 0.25) is 0 Å². The third kappa shape index (κ3) is 2.88. The Labute approximate surface area is 99.3 Å². The molecule has 4 heteroatoms. The number of aromatic nitrogens is 1. The predicted octanol–water partition coefficient (Wildman–Crippen LogP) is 2.28. The van der Waals surface area contributed by atoms with E-state index >= 15 is 0 Å². The number of aryl methyl sites for hydroxylation is 1. The Bertz CT molecular complexity index is 399. The fourth-order valence-electron chi connectivity index (χ4n) is 1.68. The van der Waals surface area contributed by atoms with Crippen LogP contribution in [0.5, 0.6) is 0 Å². The lowest BCUT2D eigenvalue weighted by atomic mass is 10.0. The Morgan fingerprint density at radius 1 is 1.31 bits per heavy atom. The van der Waals surface area contributed by atoms with E-state index in [0.717, 1.165) is 12.8 Å². The number of hydrogen-bond donors (Lipinski definition) is 2. The van der Waals surface area contributed by atoms with Gasteiger partial charge in [-0.2, -0.15) is 11.3 Å². The molecule has 0 radical (unpaired) electrons. The Hall–Kier alpha value is -1.23. The molecule has 2 rings (SSSR count). The molecular formula is C12H15N3S. The van der Waals surface area contributed by atoms with Crippen LogP contribution in [0.1, 0.15) is 23.6 Å². The van der Waals surface area contributed by atoms with Crippen molar-refractivity contribution in [3.8, 4) is 0 Å². The maximum atomic E-state index is 5.57. The molecule has 0 aromatic carbocycles. The second kappa shape index (κ2) is 5.75. The number of hydrogen-bond acceptors (Lipinski definition) is 4. The van der Waals surface area contributed by atoms with Crippen molar-refractivity contribution in [1.82, 2.24) is 10.4 Å². The Kier molecular flexibility index (Phi) is 4.04. The fourth-order valence-corrected chi connectivity index (χ4v) is 2.39. The highest BCUT2D eigenvalue weighted by atomic mass is 32.1. The van der Waals surface area contributed by atoms with Crippen LogP contribution in [0.3, 0.4) is 0 Å². The molecule has 0 saturated carbocycles. The van der Waals surface area contributed by atoms with E-state index in [0.29, 0.717) is 0 Å². The van der Waals surface area contributed by atoms with Gasteiger partial charge in [-0.3, -0.25) is 16.3 Å². The van der Waals surface area contributed by atoms with E-state index in [-0.39, 0.29) is 6.04 Å². The fraction of sp³-hybridized carbons (Fsp3) is 0.250. The zero-order valence-electron chi connectivity index (χ0n) is 8.97. The van der Waals surface area contributed by atoms with Crippen molar-refractivity contribution in [2.45, 2.75) is 18.9 Å². The zero-order valence-corrected chi connectivity index (χ0v) is 9.78. The van der Waals surface area contributed by atoms with Crippen LogP contribution in [-0.2, 0) is 6.42 Å². The van der Waals surface area contributed by atoms with E-state index < -0.39 is 0 Å². The average Bonchev–Trinajstić information content (AvgIpc) is 2.85. The summed E-state index contributed by atoms with van der Waals surface area (Å²) in [7, 11) is 0. The van der Waals surface area contributed by atoms with Crippen LogP contribution < -0.4 is 11.3 Å². The smallest absolute Gasteiger partial charge is 0.0471 e. The summed E-state index contributed by atoms with van der Waals surface area (Å²) < 4.78 is 0. The van der Waals surface area contributed by atoms with E-state index in [4.69, 9.17) is 5.84 Å². The first kappa shape index (κ1) is 11.3. The van der Waals surface area contributed by atoms with Gasteiger partial charge in [-0.05, 0) is 52.9 Å². The van der Waals surface area contributed by atoms with Crippen molar-refractivity contribution < 1.29 is 0 Å². The number of nitrogens with zero attached hydrogens (tertiary/aromatic N) is 1. The molecule has 0 spiro atoms. The molecule has 0 fully saturated rings. The number of nitrogens with one attached hydrogen (secondary N) is 1. The lowest BCUT2D eigenvalue weighted by Gasteiger charge is -2.14. The summed E-state index contributed by atoms with van der Waals surface area (Å²) in [4.78, 5) is 4.00. The lowest BCUT2D eigenvalue weighted by molar-refractivity contribution is 0.517. The largest absolute Gasteiger partial charge is 0.271 e. The second-order valence-electron chi connectivity index (χ2n) is 3.67. The van der Waals surface area contributed by atoms with Gasteiger partial charge < -0.3 is 0 Å². The van der Waals surface area contributed by atoms with Crippen molar-refractivity contribution in [3.63, 3.8) is 0 Å². The summed E-state index contributed by atoms with van der Waals surface area (Å²) in [5, 5.41) is 4.21. The Balaban J connectivity index is 1.94. The molecule has 0 aliphatic heterocycles. The first-order chi connectivity index (χ1) is 7.90. The minimum absolute atomic E-state index is 0.236. The first-order valence-corrected chi connectivity index (χ1v) is 6.21. The highest BCUT2D eigenvalue weighted by molar-refractivity contribution is 7.07. The molecule has 0 bridgehead atoms. The quantitative estimate of drug-likeness (QED) is 0.615. The van der Waals surface area contributed by atoms with Crippen molar-refractivity contribution in [2.75, 3.05) is 0 Å². The van der Waals surface area contributed by atoms with E-state index in [1.54, 1.807) is 11.3 Å². The minimum atomic E-state index is 0.236. The molecule has 0 saturated heterocycles. The molecule has 3 N–H and O–H groups in total. The van der Waals surface area contributed by atoms with E-state index in [2.05, 4.69) is 27.2 Å². The van der Waals surface area contributed by atoms with Gasteiger partial charge in [0.15, 0.2) is 0 Å². The zero-order chi connectivity index (χ0) is 11.2. The molecule has 2 aromatic rings. The normalized spacial score (nSPS) is 12.6. The van der Waals surface area contributed by atoms with E-state index in [1.807, 2.05) is 24.5 Å².